The number of amides is 1. The van der Waals surface area contributed by atoms with E-state index in [0.29, 0.717) is 12.3 Å². The SMILES string of the molecule is CC(C)(C)OC(=O)N1C2CCC1CC(NCc1cc(C(=O)O)co1)C2. The number of hydrogen-bond acceptors (Lipinski definition) is 5. The molecule has 2 aliphatic rings. The Morgan fingerprint density at radius 1 is 1.32 bits per heavy atom. The molecule has 2 unspecified atom stereocenters. The van der Waals surface area contributed by atoms with E-state index < -0.39 is 11.6 Å². The zero-order chi connectivity index (χ0) is 18.2. The number of carbonyl (C=O) groups excluding carboxylic acids is 1. The largest absolute Gasteiger partial charge is 0.478 e. The van der Waals surface area contributed by atoms with E-state index in [0.717, 1.165) is 25.7 Å². The fourth-order valence-electron chi connectivity index (χ4n) is 3.79. The minimum Gasteiger partial charge on any atom is -0.478 e. The van der Waals surface area contributed by atoms with Crippen molar-refractivity contribution in [1.29, 1.82) is 0 Å². The van der Waals surface area contributed by atoms with E-state index in [1.807, 2.05) is 25.7 Å². The molecule has 2 N–H and O–H groups in total. The number of rotatable bonds is 4. The van der Waals surface area contributed by atoms with Gasteiger partial charge < -0.3 is 24.5 Å². The molecule has 3 heterocycles. The van der Waals surface area contributed by atoms with Crippen molar-refractivity contribution < 1.29 is 23.8 Å². The first-order valence-electron chi connectivity index (χ1n) is 8.78. The van der Waals surface area contributed by atoms with Crippen LogP contribution in [0.5, 0.6) is 0 Å². The van der Waals surface area contributed by atoms with Gasteiger partial charge in [-0.2, -0.15) is 0 Å². The Morgan fingerprint density at radius 3 is 2.48 bits per heavy atom. The molecule has 25 heavy (non-hydrogen) atoms. The number of nitrogens with zero attached hydrogens (tertiary/aromatic N) is 1. The van der Waals surface area contributed by atoms with E-state index in [2.05, 4.69) is 5.32 Å². The summed E-state index contributed by atoms with van der Waals surface area (Å²) in [6.45, 7) is 6.14. The molecule has 2 aliphatic heterocycles. The highest BCUT2D eigenvalue weighted by atomic mass is 16.6. The summed E-state index contributed by atoms with van der Waals surface area (Å²) in [7, 11) is 0. The summed E-state index contributed by atoms with van der Waals surface area (Å²) >= 11 is 0. The number of nitrogens with one attached hydrogen (secondary N) is 1. The molecule has 2 fully saturated rings. The smallest absolute Gasteiger partial charge is 0.410 e. The third-order valence-electron chi connectivity index (χ3n) is 4.80. The summed E-state index contributed by atoms with van der Waals surface area (Å²) < 4.78 is 10.8. The Kier molecular flexibility index (Phi) is 4.77. The van der Waals surface area contributed by atoms with Gasteiger partial charge >= 0.3 is 12.1 Å². The Hall–Kier alpha value is -2.02. The second-order valence-electron chi connectivity index (χ2n) is 7.93. The third-order valence-corrected chi connectivity index (χ3v) is 4.80. The first-order valence-corrected chi connectivity index (χ1v) is 8.78. The fraction of sp³-hybridized carbons (Fsp3) is 0.667. The van der Waals surface area contributed by atoms with E-state index in [-0.39, 0.29) is 29.8 Å². The zero-order valence-corrected chi connectivity index (χ0v) is 14.9. The van der Waals surface area contributed by atoms with Crippen LogP contribution in [0.1, 0.15) is 62.6 Å². The Bertz CT molecular complexity index is 634. The van der Waals surface area contributed by atoms with Gasteiger partial charge in [-0.15, -0.1) is 0 Å². The lowest BCUT2D eigenvalue weighted by Crippen LogP contribution is -2.52. The maximum atomic E-state index is 12.4. The molecule has 0 aliphatic carbocycles. The maximum Gasteiger partial charge on any atom is 0.410 e. The highest BCUT2D eigenvalue weighted by Gasteiger charge is 2.44. The molecular weight excluding hydrogens is 324 g/mol. The highest BCUT2D eigenvalue weighted by molar-refractivity contribution is 5.87. The van der Waals surface area contributed by atoms with E-state index >= 15 is 0 Å². The number of ether oxygens (including phenoxy) is 1. The number of carbonyl (C=O) groups is 2. The van der Waals surface area contributed by atoms with Crippen LogP contribution >= 0.6 is 0 Å². The highest BCUT2D eigenvalue weighted by Crippen LogP contribution is 2.36. The topological polar surface area (TPSA) is 92.0 Å². The second kappa shape index (κ2) is 6.71. The van der Waals surface area contributed by atoms with Crippen molar-refractivity contribution in [2.45, 2.75) is 76.7 Å². The molecule has 1 aromatic heterocycles. The van der Waals surface area contributed by atoms with Crippen molar-refractivity contribution in [1.82, 2.24) is 10.2 Å². The van der Waals surface area contributed by atoms with Gasteiger partial charge in [0.25, 0.3) is 0 Å². The quantitative estimate of drug-likeness (QED) is 0.867. The van der Waals surface area contributed by atoms with Crippen LogP contribution < -0.4 is 5.32 Å². The Morgan fingerprint density at radius 2 is 1.96 bits per heavy atom. The van der Waals surface area contributed by atoms with Crippen LogP contribution in [-0.2, 0) is 11.3 Å². The number of hydrogen-bond donors (Lipinski definition) is 2. The van der Waals surface area contributed by atoms with Gasteiger partial charge in [-0.25, -0.2) is 9.59 Å². The summed E-state index contributed by atoms with van der Waals surface area (Å²) in [5.74, 6) is -0.377. The summed E-state index contributed by atoms with van der Waals surface area (Å²) in [5.41, 5.74) is -0.316. The van der Waals surface area contributed by atoms with Gasteiger partial charge in [0, 0.05) is 18.1 Å². The average molecular weight is 350 g/mol. The van der Waals surface area contributed by atoms with Crippen LogP contribution in [0.2, 0.25) is 0 Å². The number of carboxylic acid groups (broad SMARTS) is 1. The van der Waals surface area contributed by atoms with Crippen molar-refractivity contribution in [3.63, 3.8) is 0 Å². The second-order valence-corrected chi connectivity index (χ2v) is 7.93. The maximum absolute atomic E-state index is 12.4. The predicted octanol–water partition coefficient (Wildman–Crippen LogP) is 3.00. The number of furan rings is 1. The summed E-state index contributed by atoms with van der Waals surface area (Å²) in [5, 5.41) is 12.4. The van der Waals surface area contributed by atoms with Crippen molar-refractivity contribution in [3.05, 3.63) is 23.7 Å². The van der Waals surface area contributed by atoms with Gasteiger partial charge in [0.15, 0.2) is 0 Å². The number of piperidine rings is 1. The number of aromatic carboxylic acids is 1. The fourth-order valence-corrected chi connectivity index (χ4v) is 3.79. The molecule has 7 heteroatoms. The van der Waals surface area contributed by atoms with Crippen LogP contribution in [0.15, 0.2) is 16.7 Å². The first-order chi connectivity index (χ1) is 11.7. The van der Waals surface area contributed by atoms with Gasteiger partial charge in [0.2, 0.25) is 0 Å². The lowest BCUT2D eigenvalue weighted by atomic mass is 9.97. The molecule has 7 nitrogen and oxygen atoms in total. The molecule has 2 saturated heterocycles. The molecule has 0 aromatic carbocycles. The van der Waals surface area contributed by atoms with Crippen molar-refractivity contribution in [2.75, 3.05) is 0 Å². The Labute approximate surface area is 147 Å². The molecule has 138 valence electrons. The van der Waals surface area contributed by atoms with Crippen molar-refractivity contribution >= 4 is 12.1 Å². The molecule has 1 amide bonds. The molecule has 2 atom stereocenters. The minimum absolute atomic E-state index is 0.164. The number of fused-ring (bicyclic) bond motifs is 2. The minimum atomic E-state index is -0.987. The molecular formula is C18H26N2O5. The zero-order valence-electron chi connectivity index (χ0n) is 14.9. The van der Waals surface area contributed by atoms with Gasteiger partial charge in [0.1, 0.15) is 17.6 Å². The predicted molar refractivity (Wildman–Crippen MR) is 90.4 cm³/mol. The molecule has 0 spiro atoms. The average Bonchev–Trinajstić information content (AvgIpc) is 3.07. The van der Waals surface area contributed by atoms with Crippen LogP contribution in [0, 0.1) is 0 Å². The van der Waals surface area contributed by atoms with Crippen LogP contribution in [-0.4, -0.2) is 45.8 Å². The summed E-state index contributed by atoms with van der Waals surface area (Å²) in [4.78, 5) is 25.2. The normalized spacial score (nSPS) is 25.9. The van der Waals surface area contributed by atoms with Crippen LogP contribution in [0.3, 0.4) is 0 Å². The number of carboxylic acids is 1. The monoisotopic (exact) mass is 350 g/mol. The molecule has 0 radical (unpaired) electrons. The van der Waals surface area contributed by atoms with E-state index in [1.54, 1.807) is 6.07 Å². The van der Waals surface area contributed by atoms with E-state index in [1.165, 1.54) is 6.26 Å². The molecule has 1 aromatic rings. The lowest BCUT2D eigenvalue weighted by molar-refractivity contribution is 0.00457. The van der Waals surface area contributed by atoms with Gasteiger partial charge in [-0.3, -0.25) is 0 Å². The summed E-state index contributed by atoms with van der Waals surface area (Å²) in [6.07, 6.45) is 4.81. The Balaban J connectivity index is 1.54. The van der Waals surface area contributed by atoms with E-state index in [4.69, 9.17) is 14.3 Å². The molecule has 0 saturated carbocycles. The molecule has 3 rings (SSSR count). The van der Waals surface area contributed by atoms with Gasteiger partial charge in [-0.1, -0.05) is 0 Å². The van der Waals surface area contributed by atoms with Gasteiger partial charge in [0.05, 0.1) is 12.1 Å². The van der Waals surface area contributed by atoms with Crippen LogP contribution in [0.4, 0.5) is 4.79 Å². The third kappa shape index (κ3) is 4.15. The first kappa shape index (κ1) is 17.8. The summed E-state index contributed by atoms with van der Waals surface area (Å²) in [6, 6.07) is 2.24. The standard InChI is InChI=1S/C18H26N2O5/c1-18(2,3)25-17(23)20-13-4-5-14(20)8-12(7-13)19-9-15-6-11(10-24-15)16(21)22/h6,10,12-14,19H,4-5,7-9H2,1-3H3,(H,21,22). The van der Waals surface area contributed by atoms with Crippen molar-refractivity contribution in [3.8, 4) is 0 Å². The van der Waals surface area contributed by atoms with Crippen LogP contribution in [0.25, 0.3) is 0 Å². The molecule has 2 bridgehead atoms. The van der Waals surface area contributed by atoms with Crippen molar-refractivity contribution in [2.24, 2.45) is 0 Å². The lowest BCUT2D eigenvalue weighted by Gasteiger charge is -2.39. The van der Waals surface area contributed by atoms with E-state index in [9.17, 15) is 9.59 Å². The van der Waals surface area contributed by atoms with Gasteiger partial charge in [-0.05, 0) is 52.5 Å².